The first kappa shape index (κ1) is 32.9. The van der Waals surface area contributed by atoms with E-state index in [1.54, 1.807) is 13.8 Å². The number of hydrogen-bond donors (Lipinski definition) is 0. The van der Waals surface area contributed by atoms with Crippen LogP contribution in [0, 0.1) is 0 Å². The summed E-state index contributed by atoms with van der Waals surface area (Å²) in [5.41, 5.74) is -3.17. The van der Waals surface area contributed by atoms with Crippen molar-refractivity contribution in [3.05, 3.63) is 58.7 Å². The second-order valence-electron chi connectivity index (χ2n) is 10.2. The fourth-order valence-corrected chi connectivity index (χ4v) is 5.24. The Bertz CT molecular complexity index is 1450. The number of hydrogen-bond acceptors (Lipinski definition) is 6. The highest BCUT2D eigenvalue weighted by Crippen LogP contribution is 2.46. The van der Waals surface area contributed by atoms with Crippen molar-refractivity contribution in [2.45, 2.75) is 76.9 Å². The number of rotatable bonds is 8. The molecule has 1 amide bonds. The highest BCUT2D eigenvalue weighted by Gasteiger charge is 2.41. The van der Waals surface area contributed by atoms with Gasteiger partial charge in [0.1, 0.15) is 5.75 Å². The number of aromatic nitrogens is 4. The molecule has 1 aromatic heterocycles. The zero-order chi connectivity index (χ0) is 32.6. The maximum absolute atomic E-state index is 13.6. The van der Waals surface area contributed by atoms with Gasteiger partial charge in [-0.05, 0) is 66.4 Å². The Morgan fingerprint density at radius 1 is 0.977 bits per heavy atom. The first-order valence-corrected chi connectivity index (χ1v) is 13.4. The number of nitrogens with zero attached hydrogens (tertiary/aromatic N) is 6. The van der Waals surface area contributed by atoms with Crippen LogP contribution in [0.3, 0.4) is 0 Å². The summed E-state index contributed by atoms with van der Waals surface area (Å²) in [4.78, 5) is 16.9. The fourth-order valence-electron chi connectivity index (χ4n) is 5.24. The molecular weight excluding hydrogens is 611 g/mol. The van der Waals surface area contributed by atoms with Crippen molar-refractivity contribution in [2.24, 2.45) is 7.05 Å². The van der Waals surface area contributed by atoms with Crippen molar-refractivity contribution in [1.29, 1.82) is 0 Å². The maximum Gasteiger partial charge on any atom is 0.573 e. The number of carbonyl (C=O) groups excluding carboxylic acids is 1. The predicted octanol–water partition coefficient (Wildman–Crippen LogP) is 7.21. The van der Waals surface area contributed by atoms with Gasteiger partial charge in [-0.2, -0.15) is 31.1 Å². The minimum absolute atomic E-state index is 0.00455. The van der Waals surface area contributed by atoms with Crippen molar-refractivity contribution in [3.8, 4) is 5.75 Å². The Morgan fingerprint density at radius 2 is 1.61 bits per heavy atom. The van der Waals surface area contributed by atoms with E-state index in [-0.39, 0.29) is 42.0 Å². The molecule has 0 N–H and O–H groups in total. The van der Waals surface area contributed by atoms with Gasteiger partial charge in [-0.25, -0.2) is 0 Å². The van der Waals surface area contributed by atoms with E-state index in [0.29, 0.717) is 25.0 Å². The first-order chi connectivity index (χ1) is 20.4. The van der Waals surface area contributed by atoms with Crippen LogP contribution in [0.15, 0.2) is 36.4 Å². The lowest BCUT2D eigenvalue weighted by Gasteiger charge is -2.44. The molecule has 44 heavy (non-hydrogen) atoms. The number of fused-ring (bicyclic) bond motifs is 1. The number of anilines is 2. The van der Waals surface area contributed by atoms with E-state index in [9.17, 15) is 44.3 Å². The zero-order valence-electron chi connectivity index (χ0n) is 23.6. The molecule has 1 aliphatic rings. The lowest BCUT2D eigenvalue weighted by molar-refractivity contribution is -0.274. The van der Waals surface area contributed by atoms with Gasteiger partial charge < -0.3 is 14.5 Å². The molecule has 0 saturated heterocycles. The number of amides is 1. The fraction of sp³-hybridized carbons (Fsp3) is 0.481. The minimum atomic E-state index is -5.11. The van der Waals surface area contributed by atoms with E-state index >= 15 is 0 Å². The van der Waals surface area contributed by atoms with E-state index in [4.69, 9.17) is 0 Å². The Hall–Kier alpha value is -4.05. The van der Waals surface area contributed by atoms with E-state index in [0.717, 1.165) is 16.9 Å². The van der Waals surface area contributed by atoms with E-state index in [1.165, 1.54) is 22.9 Å². The van der Waals surface area contributed by atoms with Crippen LogP contribution in [0.25, 0.3) is 0 Å². The van der Waals surface area contributed by atoms with Gasteiger partial charge in [-0.1, -0.05) is 18.9 Å². The summed E-state index contributed by atoms with van der Waals surface area (Å²) in [5, 5.41) is 11.7. The first-order valence-electron chi connectivity index (χ1n) is 13.4. The molecule has 3 aromatic rings. The van der Waals surface area contributed by atoms with Gasteiger partial charge in [-0.15, -0.1) is 18.3 Å². The normalized spacial score (nSPS) is 17.4. The van der Waals surface area contributed by atoms with Crippen molar-refractivity contribution in [3.63, 3.8) is 0 Å². The smallest absolute Gasteiger partial charge is 0.406 e. The molecule has 2 unspecified atom stereocenters. The largest absolute Gasteiger partial charge is 0.573 e. The van der Waals surface area contributed by atoms with Crippen molar-refractivity contribution in [1.82, 2.24) is 20.2 Å². The van der Waals surface area contributed by atoms with Gasteiger partial charge >= 0.3 is 18.7 Å². The van der Waals surface area contributed by atoms with Crippen LogP contribution < -0.4 is 14.5 Å². The number of benzene rings is 2. The van der Waals surface area contributed by atoms with Gasteiger partial charge in [0, 0.05) is 30.3 Å². The van der Waals surface area contributed by atoms with Crippen molar-refractivity contribution in [2.75, 3.05) is 9.80 Å². The number of carbonyl (C=O) groups is 1. The van der Waals surface area contributed by atoms with Gasteiger partial charge in [-0.3, -0.25) is 4.79 Å². The Balaban J connectivity index is 1.92. The van der Waals surface area contributed by atoms with Gasteiger partial charge in [0.2, 0.25) is 5.91 Å². The molecule has 17 heteroatoms. The van der Waals surface area contributed by atoms with Crippen LogP contribution in [-0.4, -0.2) is 38.5 Å². The summed E-state index contributed by atoms with van der Waals surface area (Å²) in [6.45, 7) is 2.93. The number of ether oxygens (including phenoxy) is 1. The van der Waals surface area contributed by atoms with Crippen LogP contribution in [0.1, 0.15) is 67.8 Å². The molecule has 8 nitrogen and oxygen atoms in total. The van der Waals surface area contributed by atoms with Crippen LogP contribution in [-0.2, 0) is 30.7 Å². The molecule has 2 aromatic carbocycles. The summed E-state index contributed by atoms with van der Waals surface area (Å²) in [6.07, 6.45) is -14.3. The van der Waals surface area contributed by atoms with Crippen LogP contribution >= 0.6 is 0 Å². The second-order valence-corrected chi connectivity index (χ2v) is 10.2. The molecule has 0 bridgehead atoms. The SMILES string of the molecule is CCCC(=O)N1c2ccc(OC(F)(F)F)cc2C(N(Cc2cc(C(F)(F)F)cc(C(F)(F)F)c2)c2nnn(C)n2)CC1CC. The molecule has 1 aliphatic heterocycles. The summed E-state index contributed by atoms with van der Waals surface area (Å²) in [6, 6.07) is 2.89. The van der Waals surface area contributed by atoms with Crippen LogP contribution in [0.4, 0.5) is 51.1 Å². The average Bonchev–Trinajstić information content (AvgIpc) is 3.34. The lowest BCUT2D eigenvalue weighted by Crippen LogP contribution is -2.47. The average molecular weight is 639 g/mol. The zero-order valence-corrected chi connectivity index (χ0v) is 23.6. The summed E-state index contributed by atoms with van der Waals surface area (Å²) in [7, 11) is 1.38. The third-order valence-corrected chi connectivity index (χ3v) is 7.05. The Kier molecular flexibility index (Phi) is 9.07. The van der Waals surface area contributed by atoms with Crippen LogP contribution in [0.2, 0.25) is 0 Å². The highest BCUT2D eigenvalue weighted by molar-refractivity contribution is 5.95. The quantitative estimate of drug-likeness (QED) is 0.243. The van der Waals surface area contributed by atoms with Gasteiger partial charge in [0.05, 0.1) is 24.2 Å². The van der Waals surface area contributed by atoms with Crippen LogP contribution in [0.5, 0.6) is 5.75 Å². The Morgan fingerprint density at radius 3 is 2.11 bits per heavy atom. The van der Waals surface area contributed by atoms with Crippen molar-refractivity contribution >= 4 is 17.5 Å². The number of halogens is 9. The third kappa shape index (κ3) is 7.35. The molecule has 0 fully saturated rings. The number of tetrazole rings is 1. The molecule has 0 spiro atoms. The molecule has 0 radical (unpaired) electrons. The molecular formula is C27H27F9N6O2. The standard InChI is InChI=1S/C27H27F9N6O2/c1-4-6-23(43)42-18(5-2)12-22(20-13-19(7-8-21(20)42)44-27(34,35)36)41(24-37-39-40(3)38-24)14-15-9-16(25(28,29)30)11-17(10-15)26(31,32)33/h7-11,13,18,22H,4-6,12,14H2,1-3H3. The monoisotopic (exact) mass is 638 g/mol. The molecule has 240 valence electrons. The van der Waals surface area contributed by atoms with E-state index < -0.39 is 59.8 Å². The minimum Gasteiger partial charge on any atom is -0.406 e. The molecule has 2 heterocycles. The van der Waals surface area contributed by atoms with Crippen molar-refractivity contribution < 1.29 is 49.0 Å². The second kappa shape index (κ2) is 12.1. The van der Waals surface area contributed by atoms with E-state index in [1.807, 2.05) is 0 Å². The Labute approximate surface area is 245 Å². The summed E-state index contributed by atoms with van der Waals surface area (Å²) >= 11 is 0. The topological polar surface area (TPSA) is 76.4 Å². The highest BCUT2D eigenvalue weighted by atomic mass is 19.4. The summed E-state index contributed by atoms with van der Waals surface area (Å²) < 4.78 is 125. The molecule has 4 rings (SSSR count). The predicted molar refractivity (Wildman–Crippen MR) is 138 cm³/mol. The van der Waals surface area contributed by atoms with Gasteiger partial charge in [0.25, 0.3) is 5.95 Å². The van der Waals surface area contributed by atoms with Gasteiger partial charge in [0.15, 0.2) is 0 Å². The number of alkyl halides is 9. The van der Waals surface area contributed by atoms with E-state index in [2.05, 4.69) is 20.1 Å². The lowest BCUT2D eigenvalue weighted by atomic mass is 9.87. The molecule has 0 saturated carbocycles. The summed E-state index contributed by atoms with van der Waals surface area (Å²) in [5.74, 6) is -1.15. The third-order valence-electron chi connectivity index (χ3n) is 7.05. The molecule has 0 aliphatic carbocycles. The molecule has 2 atom stereocenters. The number of aryl methyl sites for hydroxylation is 1. The maximum atomic E-state index is 13.6.